The normalized spacial score (nSPS) is 24.0. The molecule has 6 heterocycles. The molecular formula is C36H36BrN7O6S. The topological polar surface area (TPSA) is 146 Å². The molecule has 0 aliphatic carbocycles. The van der Waals surface area contributed by atoms with Gasteiger partial charge in [0, 0.05) is 56.1 Å². The number of likely N-dealkylation sites (tertiary alicyclic amines) is 1. The Hall–Kier alpha value is -4.60. The molecule has 4 aromatic rings. The molecule has 0 radical (unpaired) electrons. The Balaban J connectivity index is 0.882. The maximum atomic E-state index is 13.6. The first-order valence-corrected chi connectivity index (χ1v) is 18.7. The number of aromatic nitrogens is 2. The van der Waals surface area contributed by atoms with E-state index < -0.39 is 29.7 Å². The second kappa shape index (κ2) is 13.5. The molecule has 3 fully saturated rings. The van der Waals surface area contributed by atoms with Gasteiger partial charge in [0.05, 0.1) is 23.4 Å². The quantitative estimate of drug-likeness (QED) is 0.254. The Morgan fingerprint density at radius 3 is 2.65 bits per heavy atom. The van der Waals surface area contributed by atoms with Crippen molar-refractivity contribution in [3.05, 3.63) is 85.6 Å². The number of rotatable bonds is 8. The van der Waals surface area contributed by atoms with Crippen molar-refractivity contribution in [1.29, 1.82) is 0 Å². The van der Waals surface area contributed by atoms with Crippen LogP contribution in [-0.2, 0) is 9.59 Å². The summed E-state index contributed by atoms with van der Waals surface area (Å²) in [7, 11) is 2.11. The Labute approximate surface area is 305 Å². The largest absolute Gasteiger partial charge is 0.493 e. The van der Waals surface area contributed by atoms with Crippen molar-refractivity contribution < 1.29 is 23.9 Å². The monoisotopic (exact) mass is 773 g/mol. The molecule has 0 bridgehead atoms. The number of nitrogens with one attached hydrogen (secondary N) is 2. The molecule has 4 amide bonds. The van der Waals surface area contributed by atoms with Gasteiger partial charge in [-0.2, -0.15) is 0 Å². The zero-order chi connectivity index (χ0) is 35.4. The summed E-state index contributed by atoms with van der Waals surface area (Å²) in [6.45, 7) is 3.63. The summed E-state index contributed by atoms with van der Waals surface area (Å²) in [6, 6.07) is 12.6. The second-order valence-corrected chi connectivity index (χ2v) is 15.4. The Morgan fingerprint density at radius 2 is 1.84 bits per heavy atom. The molecule has 4 aliphatic rings. The SMILES string of the molecule is CN1C[C@H](Nc2nc3sccn3c(=O)c2Br)C[C@H](c2ccc(OCC3CCN(c4cccc5c4C(=O)N(C4CCC(=O)NC4=O)C5=O)C3)cc2)C1. The van der Waals surface area contributed by atoms with Crippen molar-refractivity contribution in [3.8, 4) is 5.75 Å². The van der Waals surface area contributed by atoms with Crippen LogP contribution in [0.4, 0.5) is 11.5 Å². The Bertz CT molecular complexity index is 2120. The van der Waals surface area contributed by atoms with Gasteiger partial charge in [0.1, 0.15) is 22.1 Å². The molecule has 15 heteroatoms. The molecule has 51 heavy (non-hydrogen) atoms. The van der Waals surface area contributed by atoms with Crippen LogP contribution in [0.1, 0.15) is 57.9 Å². The maximum Gasteiger partial charge on any atom is 0.275 e. The molecule has 8 rings (SSSR count). The van der Waals surface area contributed by atoms with Crippen LogP contribution in [0.5, 0.6) is 5.75 Å². The molecule has 13 nitrogen and oxygen atoms in total. The number of likely N-dealkylation sites (N-methyl/N-ethyl adjacent to an activating group) is 1. The van der Waals surface area contributed by atoms with E-state index in [1.807, 2.05) is 23.6 Å². The predicted molar refractivity (Wildman–Crippen MR) is 195 cm³/mol. The van der Waals surface area contributed by atoms with Crippen LogP contribution in [0.25, 0.3) is 4.96 Å². The lowest BCUT2D eigenvalue weighted by atomic mass is 9.88. The standard InChI is InChI=1S/C36H36BrN7O6S/c1-41-17-22(15-23(18-41)38-31-30(37)35(49)43-13-14-51-36(43)40-31)21-5-7-24(8-6-21)50-19-20-11-12-42(16-20)26-4-2-3-25-29(26)34(48)44(33(25)47)27-9-10-28(45)39-32(27)46/h2-8,13-14,20,22-23,27,38H,9-12,15-19H2,1H3,(H,39,45,46)/t20?,22-,23+,27?/m0/s1. The van der Waals surface area contributed by atoms with Crippen LogP contribution in [0, 0.1) is 5.92 Å². The van der Waals surface area contributed by atoms with Gasteiger partial charge >= 0.3 is 0 Å². The number of amides is 4. The lowest BCUT2D eigenvalue weighted by Gasteiger charge is -2.36. The highest BCUT2D eigenvalue weighted by Crippen LogP contribution is 2.37. The minimum atomic E-state index is -0.995. The van der Waals surface area contributed by atoms with Crippen LogP contribution < -0.4 is 25.8 Å². The lowest BCUT2D eigenvalue weighted by molar-refractivity contribution is -0.136. The molecule has 264 valence electrons. The van der Waals surface area contributed by atoms with Crippen LogP contribution in [0.15, 0.2) is 63.3 Å². The third-order valence-corrected chi connectivity index (χ3v) is 11.8. The second-order valence-electron chi connectivity index (χ2n) is 13.8. The smallest absolute Gasteiger partial charge is 0.275 e. The van der Waals surface area contributed by atoms with Gasteiger partial charge in [-0.05, 0) is 78.0 Å². The van der Waals surface area contributed by atoms with E-state index in [0.717, 1.165) is 36.6 Å². The number of carbonyl (C=O) groups is 4. The summed E-state index contributed by atoms with van der Waals surface area (Å²) in [6.07, 6.45) is 3.69. The summed E-state index contributed by atoms with van der Waals surface area (Å²) in [5.41, 5.74) is 2.38. The summed E-state index contributed by atoms with van der Waals surface area (Å²) >= 11 is 4.88. The molecule has 0 spiro atoms. The number of thiazole rings is 1. The van der Waals surface area contributed by atoms with Crippen molar-refractivity contribution in [1.82, 2.24) is 24.5 Å². The molecule has 2 aromatic carbocycles. The van der Waals surface area contributed by atoms with Gasteiger partial charge in [-0.3, -0.25) is 38.6 Å². The molecule has 2 aromatic heterocycles. The highest BCUT2D eigenvalue weighted by Gasteiger charge is 2.46. The fourth-order valence-corrected chi connectivity index (χ4v) is 8.91. The van der Waals surface area contributed by atoms with E-state index in [9.17, 15) is 24.0 Å². The van der Waals surface area contributed by atoms with Gasteiger partial charge in [0.25, 0.3) is 17.4 Å². The van der Waals surface area contributed by atoms with Gasteiger partial charge < -0.3 is 19.9 Å². The Morgan fingerprint density at radius 1 is 1.02 bits per heavy atom. The van der Waals surface area contributed by atoms with Crippen molar-refractivity contribution in [3.63, 3.8) is 0 Å². The average molecular weight is 775 g/mol. The first-order chi connectivity index (χ1) is 24.6. The highest BCUT2D eigenvalue weighted by atomic mass is 79.9. The number of carbonyl (C=O) groups excluding carboxylic acids is 4. The molecule has 3 saturated heterocycles. The summed E-state index contributed by atoms with van der Waals surface area (Å²) in [5, 5.41) is 7.62. The van der Waals surface area contributed by atoms with E-state index in [2.05, 4.69) is 60.5 Å². The van der Waals surface area contributed by atoms with Gasteiger partial charge in [0.15, 0.2) is 4.96 Å². The number of imide groups is 2. The number of hydrogen-bond acceptors (Lipinski definition) is 11. The third kappa shape index (κ3) is 6.31. The van der Waals surface area contributed by atoms with Gasteiger partial charge in [-0.1, -0.05) is 18.2 Å². The first-order valence-electron chi connectivity index (χ1n) is 17.1. The van der Waals surface area contributed by atoms with E-state index in [1.165, 1.54) is 16.9 Å². The number of anilines is 2. The molecule has 2 unspecified atom stereocenters. The zero-order valence-corrected chi connectivity index (χ0v) is 30.2. The lowest BCUT2D eigenvalue weighted by Crippen LogP contribution is -2.54. The molecule has 2 N–H and O–H groups in total. The van der Waals surface area contributed by atoms with Crippen LogP contribution in [0.2, 0.25) is 0 Å². The van der Waals surface area contributed by atoms with E-state index >= 15 is 0 Å². The minimum Gasteiger partial charge on any atom is -0.493 e. The van der Waals surface area contributed by atoms with Gasteiger partial charge in [0.2, 0.25) is 11.8 Å². The predicted octanol–water partition coefficient (Wildman–Crippen LogP) is 3.72. The Kier molecular flexibility index (Phi) is 8.88. The average Bonchev–Trinajstić information content (AvgIpc) is 3.85. The van der Waals surface area contributed by atoms with Crippen molar-refractivity contribution in [2.45, 2.75) is 43.7 Å². The number of piperidine rings is 2. The number of fused-ring (bicyclic) bond motifs is 2. The zero-order valence-electron chi connectivity index (χ0n) is 27.8. The first kappa shape index (κ1) is 33.5. The number of nitrogens with zero attached hydrogens (tertiary/aromatic N) is 5. The maximum absolute atomic E-state index is 13.6. The van der Waals surface area contributed by atoms with Crippen LogP contribution in [-0.4, -0.2) is 94.7 Å². The number of halogens is 1. The number of benzene rings is 2. The van der Waals surface area contributed by atoms with Gasteiger partial charge in [-0.15, -0.1) is 11.3 Å². The van der Waals surface area contributed by atoms with E-state index in [4.69, 9.17) is 4.74 Å². The number of ether oxygens (including phenoxy) is 1. The highest BCUT2D eigenvalue weighted by molar-refractivity contribution is 9.10. The van der Waals surface area contributed by atoms with E-state index in [0.29, 0.717) is 46.2 Å². The summed E-state index contributed by atoms with van der Waals surface area (Å²) in [4.78, 5) is 74.6. The molecule has 0 saturated carbocycles. The summed E-state index contributed by atoms with van der Waals surface area (Å²) in [5.74, 6) is -0.149. The van der Waals surface area contributed by atoms with Crippen molar-refractivity contribution >= 4 is 67.4 Å². The summed E-state index contributed by atoms with van der Waals surface area (Å²) < 4.78 is 8.22. The van der Waals surface area contributed by atoms with Crippen LogP contribution >= 0.6 is 27.3 Å². The third-order valence-electron chi connectivity index (χ3n) is 10.3. The number of hydrogen-bond donors (Lipinski definition) is 2. The molecule has 4 atom stereocenters. The molecule has 4 aliphatic heterocycles. The van der Waals surface area contributed by atoms with Crippen molar-refractivity contribution in [2.75, 3.05) is 50.1 Å². The van der Waals surface area contributed by atoms with E-state index in [1.54, 1.807) is 22.7 Å². The molecular weight excluding hydrogens is 738 g/mol. The fraction of sp³-hybridized carbons (Fsp3) is 0.389. The minimum absolute atomic E-state index is 0.0809. The van der Waals surface area contributed by atoms with Gasteiger partial charge in [-0.25, -0.2) is 4.98 Å². The van der Waals surface area contributed by atoms with E-state index in [-0.39, 0.29) is 41.8 Å². The fourth-order valence-electron chi connectivity index (χ4n) is 7.81. The van der Waals surface area contributed by atoms with Crippen LogP contribution in [0.3, 0.4) is 0 Å². The van der Waals surface area contributed by atoms with Crippen molar-refractivity contribution in [2.24, 2.45) is 5.92 Å².